The van der Waals surface area contributed by atoms with Gasteiger partial charge in [-0.1, -0.05) is 19.9 Å². The second kappa shape index (κ2) is 8.46. The van der Waals surface area contributed by atoms with Crippen LogP contribution < -0.4 is 10.1 Å². The molecule has 0 saturated heterocycles. The second-order valence-electron chi connectivity index (χ2n) is 8.33. The van der Waals surface area contributed by atoms with E-state index in [-0.39, 0.29) is 17.2 Å². The van der Waals surface area contributed by atoms with Gasteiger partial charge in [0.05, 0.1) is 19.2 Å². The molecule has 0 bridgehead atoms. The van der Waals surface area contributed by atoms with Crippen molar-refractivity contribution in [3.05, 3.63) is 59.9 Å². The van der Waals surface area contributed by atoms with Gasteiger partial charge < -0.3 is 20.3 Å². The number of hydrogen-bond donors (Lipinski definition) is 3. The van der Waals surface area contributed by atoms with Crippen molar-refractivity contribution in [2.24, 2.45) is 0 Å². The number of aromatic hydroxyl groups is 1. The van der Waals surface area contributed by atoms with Gasteiger partial charge in [0.2, 0.25) is 5.88 Å². The smallest absolute Gasteiger partial charge is 0.418 e. The van der Waals surface area contributed by atoms with E-state index < -0.39 is 36.0 Å². The highest BCUT2D eigenvalue weighted by atomic mass is 19.4. The zero-order valence-corrected chi connectivity index (χ0v) is 17.8. The number of nitrogens with zero attached hydrogens (tertiary/aromatic N) is 1. The van der Waals surface area contributed by atoms with Crippen molar-refractivity contribution in [3.8, 4) is 11.6 Å². The molecule has 3 rings (SSSR count). The van der Waals surface area contributed by atoms with Crippen LogP contribution in [0.25, 0.3) is 10.9 Å². The van der Waals surface area contributed by atoms with Crippen LogP contribution in [0.2, 0.25) is 0 Å². The lowest BCUT2D eigenvalue weighted by atomic mass is 9.74. The van der Waals surface area contributed by atoms with Crippen molar-refractivity contribution >= 4 is 16.6 Å². The summed E-state index contributed by atoms with van der Waals surface area (Å²) >= 11 is 0. The molecule has 0 fully saturated rings. The lowest BCUT2D eigenvalue weighted by molar-refractivity contribution is -0.260. The number of hydrogen-bond acceptors (Lipinski definition) is 5. The van der Waals surface area contributed by atoms with Crippen molar-refractivity contribution in [2.75, 3.05) is 19.0 Å². The molecule has 0 radical (unpaired) electrons. The fraction of sp³-hybridized carbons (Fsp3) is 0.348. The topological polar surface area (TPSA) is 74.6 Å². The lowest BCUT2D eigenvalue weighted by Crippen LogP contribution is -2.53. The number of anilines is 1. The molecule has 1 heterocycles. The van der Waals surface area contributed by atoms with Crippen LogP contribution in [0.15, 0.2) is 48.5 Å². The SMILES string of the molecule is COc1ccc(F)cc1C(C)(C)CC(O)(CNc1cccc2nc(O)ccc12)C(F)(F)F. The van der Waals surface area contributed by atoms with Crippen LogP contribution in [0.3, 0.4) is 0 Å². The first-order valence-corrected chi connectivity index (χ1v) is 9.82. The summed E-state index contributed by atoms with van der Waals surface area (Å²) < 4.78 is 61.2. The summed E-state index contributed by atoms with van der Waals surface area (Å²) in [5.74, 6) is -0.602. The van der Waals surface area contributed by atoms with Crippen LogP contribution in [0, 0.1) is 5.82 Å². The van der Waals surface area contributed by atoms with Gasteiger partial charge in [-0.05, 0) is 48.2 Å². The van der Waals surface area contributed by atoms with E-state index in [1.54, 1.807) is 18.2 Å². The van der Waals surface area contributed by atoms with Gasteiger partial charge in [-0.15, -0.1) is 0 Å². The number of ether oxygens (including phenoxy) is 1. The van der Waals surface area contributed by atoms with Crippen molar-refractivity contribution < 1.29 is 32.5 Å². The van der Waals surface area contributed by atoms with E-state index >= 15 is 0 Å². The van der Waals surface area contributed by atoms with Gasteiger partial charge in [-0.2, -0.15) is 13.2 Å². The first-order chi connectivity index (χ1) is 14.9. The zero-order valence-electron chi connectivity index (χ0n) is 17.8. The van der Waals surface area contributed by atoms with Crippen LogP contribution in [0.1, 0.15) is 25.8 Å². The van der Waals surface area contributed by atoms with Crippen LogP contribution in [0.5, 0.6) is 11.6 Å². The summed E-state index contributed by atoms with van der Waals surface area (Å²) in [4.78, 5) is 3.94. The molecule has 0 aliphatic heterocycles. The number of aliphatic hydroxyl groups is 1. The number of fused-ring (bicyclic) bond motifs is 1. The number of nitrogens with one attached hydrogen (secondary N) is 1. The quantitative estimate of drug-likeness (QED) is 0.432. The Labute approximate surface area is 182 Å². The highest BCUT2D eigenvalue weighted by Crippen LogP contribution is 2.44. The minimum absolute atomic E-state index is 0.215. The number of methoxy groups -OCH3 is 1. The maximum atomic E-state index is 14.0. The van der Waals surface area contributed by atoms with Gasteiger partial charge in [-0.3, -0.25) is 0 Å². The van der Waals surface area contributed by atoms with E-state index in [0.717, 1.165) is 12.1 Å². The average molecular weight is 452 g/mol. The van der Waals surface area contributed by atoms with E-state index in [1.807, 2.05) is 0 Å². The molecule has 32 heavy (non-hydrogen) atoms. The molecule has 5 nitrogen and oxygen atoms in total. The monoisotopic (exact) mass is 452 g/mol. The normalized spacial score (nSPS) is 14.2. The van der Waals surface area contributed by atoms with Crippen LogP contribution in [0.4, 0.5) is 23.2 Å². The Morgan fingerprint density at radius 3 is 2.44 bits per heavy atom. The van der Waals surface area contributed by atoms with Crippen molar-refractivity contribution in [2.45, 2.75) is 37.5 Å². The first kappa shape index (κ1) is 23.6. The number of aromatic nitrogens is 1. The maximum Gasteiger partial charge on any atom is 0.418 e. The first-order valence-electron chi connectivity index (χ1n) is 9.82. The molecule has 3 aromatic rings. The fourth-order valence-corrected chi connectivity index (χ4v) is 3.84. The van der Waals surface area contributed by atoms with E-state index in [4.69, 9.17) is 4.74 Å². The molecule has 1 aromatic heterocycles. The molecular weight excluding hydrogens is 428 g/mol. The zero-order chi connectivity index (χ0) is 23.7. The summed E-state index contributed by atoms with van der Waals surface area (Å²) in [5.41, 5.74) is -3.51. The van der Waals surface area contributed by atoms with Gasteiger partial charge in [0.1, 0.15) is 11.6 Å². The molecule has 172 valence electrons. The molecule has 0 saturated carbocycles. The Morgan fingerprint density at radius 1 is 1.06 bits per heavy atom. The Hall–Kier alpha value is -3.07. The van der Waals surface area contributed by atoms with E-state index in [0.29, 0.717) is 16.6 Å². The number of rotatable bonds is 7. The summed E-state index contributed by atoms with van der Waals surface area (Å²) in [6.45, 7) is 2.13. The molecule has 0 spiro atoms. The van der Waals surface area contributed by atoms with E-state index in [9.17, 15) is 27.8 Å². The van der Waals surface area contributed by atoms with Crippen molar-refractivity contribution in [1.82, 2.24) is 4.98 Å². The third kappa shape index (κ3) is 4.72. The van der Waals surface area contributed by atoms with Gasteiger partial charge in [0, 0.05) is 22.7 Å². The molecule has 2 aromatic carbocycles. The van der Waals surface area contributed by atoms with Gasteiger partial charge in [-0.25, -0.2) is 9.37 Å². The highest BCUT2D eigenvalue weighted by molar-refractivity contribution is 5.91. The summed E-state index contributed by atoms with van der Waals surface area (Å²) in [5, 5.41) is 23.5. The molecule has 9 heteroatoms. The number of pyridine rings is 1. The third-order valence-electron chi connectivity index (χ3n) is 5.44. The predicted molar refractivity (Wildman–Crippen MR) is 113 cm³/mol. The van der Waals surface area contributed by atoms with Crippen LogP contribution in [-0.4, -0.2) is 40.6 Å². The highest BCUT2D eigenvalue weighted by Gasteiger charge is 2.56. The lowest BCUT2D eigenvalue weighted by Gasteiger charge is -2.38. The summed E-state index contributed by atoms with van der Waals surface area (Å²) in [6.07, 6.45) is -5.72. The average Bonchev–Trinajstić information content (AvgIpc) is 2.70. The standard InChI is InChI=1S/C23H24F4N2O3/c1-21(2,16-11-14(24)7-9-19(16)32-3)12-22(31,23(25,26)27)13-28-17-5-4-6-18-15(17)8-10-20(30)29-18/h4-11,28,31H,12-13H2,1-3H3,(H,29,30). The second-order valence-corrected chi connectivity index (χ2v) is 8.33. The molecule has 0 aliphatic rings. The van der Waals surface area contributed by atoms with Gasteiger partial charge in [0.15, 0.2) is 5.60 Å². The predicted octanol–water partition coefficient (Wildman–Crippen LogP) is 5.16. The minimum Gasteiger partial charge on any atom is -0.496 e. The molecule has 0 amide bonds. The van der Waals surface area contributed by atoms with Crippen molar-refractivity contribution in [1.29, 1.82) is 0 Å². The van der Waals surface area contributed by atoms with E-state index in [2.05, 4.69) is 10.3 Å². The number of benzene rings is 2. The van der Waals surface area contributed by atoms with Crippen LogP contribution >= 0.6 is 0 Å². The molecular formula is C23H24F4N2O3. The van der Waals surface area contributed by atoms with E-state index in [1.165, 1.54) is 39.2 Å². The number of halogens is 4. The van der Waals surface area contributed by atoms with Crippen LogP contribution in [-0.2, 0) is 5.41 Å². The van der Waals surface area contributed by atoms with Gasteiger partial charge >= 0.3 is 6.18 Å². The number of alkyl halides is 3. The Morgan fingerprint density at radius 2 is 1.78 bits per heavy atom. The largest absolute Gasteiger partial charge is 0.496 e. The Kier molecular flexibility index (Phi) is 6.24. The molecule has 1 unspecified atom stereocenters. The van der Waals surface area contributed by atoms with Crippen molar-refractivity contribution in [3.63, 3.8) is 0 Å². The fourth-order valence-electron chi connectivity index (χ4n) is 3.84. The molecule has 3 N–H and O–H groups in total. The Balaban J connectivity index is 1.94. The minimum atomic E-state index is -4.97. The molecule has 1 atom stereocenters. The third-order valence-corrected chi connectivity index (χ3v) is 5.44. The Bertz CT molecular complexity index is 1120. The molecule has 0 aliphatic carbocycles. The van der Waals surface area contributed by atoms with Gasteiger partial charge in [0.25, 0.3) is 0 Å². The maximum absolute atomic E-state index is 14.0. The summed E-state index contributed by atoms with van der Waals surface area (Å²) in [6, 6.07) is 11.2. The summed E-state index contributed by atoms with van der Waals surface area (Å²) in [7, 11) is 1.34.